The van der Waals surface area contributed by atoms with Crippen LogP contribution >= 0.6 is 11.3 Å². The van der Waals surface area contributed by atoms with Crippen molar-refractivity contribution in [2.24, 2.45) is 0 Å². The zero-order chi connectivity index (χ0) is 11.8. The van der Waals surface area contributed by atoms with E-state index in [-0.39, 0.29) is 17.4 Å². The number of aromatic nitrogens is 2. The lowest BCUT2D eigenvalue weighted by molar-refractivity contribution is -0.119. The molecule has 1 aromatic heterocycles. The molecule has 2 N–H and O–H groups in total. The molecule has 1 aliphatic heterocycles. The lowest BCUT2D eigenvalue weighted by Gasteiger charge is -2.25. The van der Waals surface area contributed by atoms with E-state index in [9.17, 15) is 4.79 Å². The number of nitrogens with zero attached hydrogens (tertiary/aromatic N) is 2. The molecule has 1 amide bonds. The second kappa shape index (κ2) is 4.10. The average Bonchev–Trinajstić information content (AvgIpc) is 2.47. The molecule has 0 spiro atoms. The van der Waals surface area contributed by atoms with Gasteiger partial charge in [0.25, 0.3) is 0 Å². The number of nitrogens with one attached hydrogen (secondary N) is 2. The number of carbonyl (C=O) groups excluding carboxylic acids is 1. The first-order valence-electron chi connectivity index (χ1n) is 5.35. The van der Waals surface area contributed by atoms with Crippen LogP contribution in [-0.4, -0.2) is 28.7 Å². The Labute approximate surface area is 98.7 Å². The van der Waals surface area contributed by atoms with Crippen molar-refractivity contribution in [2.75, 3.05) is 11.9 Å². The molecular formula is C10H16N4OS. The number of carbonyl (C=O) groups is 1. The van der Waals surface area contributed by atoms with Crippen molar-refractivity contribution in [3.8, 4) is 0 Å². The van der Waals surface area contributed by atoms with Crippen LogP contribution in [0.4, 0.5) is 5.13 Å². The number of anilines is 1. The summed E-state index contributed by atoms with van der Waals surface area (Å²) in [6, 6.07) is -0.0537. The second-order valence-corrected chi connectivity index (χ2v) is 5.92. The predicted octanol–water partition coefficient (Wildman–Crippen LogP) is 1.14. The summed E-state index contributed by atoms with van der Waals surface area (Å²) in [6.07, 6.45) is 0.900. The molecule has 0 unspecified atom stereocenters. The molecule has 0 radical (unpaired) electrons. The molecule has 16 heavy (non-hydrogen) atoms. The van der Waals surface area contributed by atoms with Gasteiger partial charge < -0.3 is 5.32 Å². The van der Waals surface area contributed by atoms with Gasteiger partial charge in [-0.05, 0) is 13.0 Å². The van der Waals surface area contributed by atoms with E-state index in [1.165, 1.54) is 11.3 Å². The van der Waals surface area contributed by atoms with Crippen LogP contribution in [0.5, 0.6) is 0 Å². The van der Waals surface area contributed by atoms with E-state index in [0.29, 0.717) is 5.13 Å². The van der Waals surface area contributed by atoms with Gasteiger partial charge >= 0.3 is 0 Å². The fraction of sp³-hybridized carbons (Fsp3) is 0.700. The van der Waals surface area contributed by atoms with Gasteiger partial charge in [-0.15, -0.1) is 10.2 Å². The van der Waals surface area contributed by atoms with Crippen LogP contribution in [0.1, 0.15) is 32.2 Å². The summed E-state index contributed by atoms with van der Waals surface area (Å²) in [6.45, 7) is 7.15. The van der Waals surface area contributed by atoms with Crippen molar-refractivity contribution in [3.05, 3.63) is 5.01 Å². The van der Waals surface area contributed by atoms with Gasteiger partial charge in [-0.25, -0.2) is 0 Å². The highest BCUT2D eigenvalue weighted by molar-refractivity contribution is 7.15. The van der Waals surface area contributed by atoms with E-state index < -0.39 is 0 Å². The minimum Gasteiger partial charge on any atom is -0.306 e. The summed E-state index contributed by atoms with van der Waals surface area (Å²) in [5, 5.41) is 15.4. The van der Waals surface area contributed by atoms with Gasteiger partial charge in [0, 0.05) is 5.41 Å². The average molecular weight is 240 g/mol. The molecule has 2 rings (SSSR count). The van der Waals surface area contributed by atoms with Crippen molar-refractivity contribution < 1.29 is 4.79 Å². The Morgan fingerprint density at radius 1 is 1.50 bits per heavy atom. The van der Waals surface area contributed by atoms with Crippen LogP contribution in [0, 0.1) is 0 Å². The Balaban J connectivity index is 1.99. The van der Waals surface area contributed by atoms with Gasteiger partial charge in [0.1, 0.15) is 5.01 Å². The van der Waals surface area contributed by atoms with Crippen LogP contribution in [0.25, 0.3) is 0 Å². The largest absolute Gasteiger partial charge is 0.306 e. The maximum atomic E-state index is 11.6. The topological polar surface area (TPSA) is 66.9 Å². The van der Waals surface area contributed by atoms with E-state index in [1.807, 2.05) is 0 Å². The van der Waals surface area contributed by atoms with Gasteiger partial charge in [0.2, 0.25) is 11.0 Å². The highest BCUT2D eigenvalue weighted by Crippen LogP contribution is 2.27. The maximum absolute atomic E-state index is 11.6. The van der Waals surface area contributed by atoms with Crippen LogP contribution in [0.2, 0.25) is 0 Å². The summed E-state index contributed by atoms with van der Waals surface area (Å²) >= 11 is 1.44. The van der Waals surface area contributed by atoms with Crippen LogP contribution in [0.3, 0.4) is 0 Å². The zero-order valence-corrected chi connectivity index (χ0v) is 10.5. The van der Waals surface area contributed by atoms with Crippen molar-refractivity contribution in [2.45, 2.75) is 38.6 Å². The van der Waals surface area contributed by atoms with Gasteiger partial charge in [0.05, 0.1) is 6.04 Å². The van der Waals surface area contributed by atoms with Crippen molar-refractivity contribution in [1.29, 1.82) is 0 Å². The monoisotopic (exact) mass is 240 g/mol. The SMILES string of the molecule is CC(C)(C)c1nnc(NC(=O)[C@@H]2CCN2)s1. The van der Waals surface area contributed by atoms with E-state index in [0.717, 1.165) is 18.0 Å². The Kier molecular flexibility index (Phi) is 2.94. The van der Waals surface area contributed by atoms with Gasteiger partial charge in [-0.3, -0.25) is 10.1 Å². The van der Waals surface area contributed by atoms with Crippen LogP contribution in [0.15, 0.2) is 0 Å². The number of hydrogen-bond acceptors (Lipinski definition) is 5. The molecule has 1 atom stereocenters. The first-order valence-corrected chi connectivity index (χ1v) is 6.17. The quantitative estimate of drug-likeness (QED) is 0.813. The fourth-order valence-electron chi connectivity index (χ4n) is 1.28. The minimum absolute atomic E-state index is 0.0112. The maximum Gasteiger partial charge on any atom is 0.243 e. The lowest BCUT2D eigenvalue weighted by Crippen LogP contribution is -2.50. The summed E-state index contributed by atoms with van der Waals surface area (Å²) in [7, 11) is 0. The highest BCUT2D eigenvalue weighted by atomic mass is 32.1. The summed E-state index contributed by atoms with van der Waals surface area (Å²) < 4.78 is 0. The fourth-order valence-corrected chi connectivity index (χ4v) is 2.09. The molecule has 6 heteroatoms. The molecule has 1 aliphatic rings. The van der Waals surface area contributed by atoms with Crippen LogP contribution < -0.4 is 10.6 Å². The lowest BCUT2D eigenvalue weighted by atomic mass is 9.98. The normalized spacial score (nSPS) is 20.3. The van der Waals surface area contributed by atoms with Gasteiger partial charge in [0.15, 0.2) is 0 Å². The molecule has 0 saturated carbocycles. The first kappa shape index (κ1) is 11.5. The van der Waals surface area contributed by atoms with Crippen molar-refractivity contribution in [3.63, 3.8) is 0 Å². The third kappa shape index (κ3) is 2.38. The van der Waals surface area contributed by atoms with Crippen LogP contribution in [-0.2, 0) is 10.2 Å². The molecule has 1 aromatic rings. The predicted molar refractivity (Wildman–Crippen MR) is 63.6 cm³/mol. The molecule has 0 aliphatic carbocycles. The van der Waals surface area contributed by atoms with E-state index in [4.69, 9.17) is 0 Å². The van der Waals surface area contributed by atoms with Gasteiger partial charge in [-0.1, -0.05) is 32.1 Å². The summed E-state index contributed by atoms with van der Waals surface area (Å²) in [5.41, 5.74) is -0.0185. The summed E-state index contributed by atoms with van der Waals surface area (Å²) in [5.74, 6) is -0.0112. The Bertz CT molecular complexity index is 392. The van der Waals surface area contributed by atoms with E-state index >= 15 is 0 Å². The molecule has 1 fully saturated rings. The number of hydrogen-bond donors (Lipinski definition) is 2. The molecular weight excluding hydrogens is 224 g/mol. The van der Waals surface area contributed by atoms with Crippen molar-refractivity contribution >= 4 is 22.4 Å². The van der Waals surface area contributed by atoms with E-state index in [2.05, 4.69) is 41.6 Å². The molecule has 2 heterocycles. The van der Waals surface area contributed by atoms with E-state index in [1.54, 1.807) is 0 Å². The Hall–Kier alpha value is -1.01. The minimum atomic E-state index is -0.0537. The number of rotatable bonds is 2. The second-order valence-electron chi connectivity index (χ2n) is 4.95. The Morgan fingerprint density at radius 2 is 2.19 bits per heavy atom. The molecule has 1 saturated heterocycles. The summed E-state index contributed by atoms with van der Waals surface area (Å²) in [4.78, 5) is 11.6. The highest BCUT2D eigenvalue weighted by Gasteiger charge is 2.26. The number of amides is 1. The van der Waals surface area contributed by atoms with Gasteiger partial charge in [-0.2, -0.15) is 0 Å². The third-order valence-corrected chi connectivity index (χ3v) is 3.70. The zero-order valence-electron chi connectivity index (χ0n) is 9.70. The molecule has 88 valence electrons. The smallest absolute Gasteiger partial charge is 0.243 e. The molecule has 0 bridgehead atoms. The van der Waals surface area contributed by atoms with Crippen molar-refractivity contribution in [1.82, 2.24) is 15.5 Å². The molecule has 0 aromatic carbocycles. The third-order valence-electron chi connectivity index (χ3n) is 2.44. The first-order chi connectivity index (χ1) is 7.47. The molecule has 5 nitrogen and oxygen atoms in total. The standard InChI is InChI=1S/C10H16N4OS/c1-10(2,3)8-13-14-9(16-8)12-7(15)6-4-5-11-6/h6,11H,4-5H2,1-3H3,(H,12,14,15)/t6-/m0/s1. The Morgan fingerprint density at radius 3 is 2.62 bits per heavy atom.